The molecule has 7 heavy (non-hydrogen) atoms. The van der Waals surface area contributed by atoms with Crippen LogP contribution in [-0.4, -0.2) is 20.8 Å². The summed E-state index contributed by atoms with van der Waals surface area (Å²) in [6.45, 7) is 0. The van der Waals surface area contributed by atoms with Crippen LogP contribution in [-0.2, 0) is 19.5 Å². The van der Waals surface area contributed by atoms with Crippen LogP contribution in [0.4, 0.5) is 0 Å². The predicted molar refractivity (Wildman–Crippen MR) is 7.97 cm³/mol. The summed E-state index contributed by atoms with van der Waals surface area (Å²) in [5, 5.41) is 0. The van der Waals surface area contributed by atoms with E-state index in [9.17, 15) is 0 Å². The topological polar surface area (TPSA) is 20.2 Å². The Balaban J connectivity index is -0.000000000500. The van der Waals surface area contributed by atoms with E-state index in [1.54, 1.807) is 0 Å². The van der Waals surface area contributed by atoms with E-state index < -0.39 is 0 Å². The van der Waals surface area contributed by atoms with E-state index in [0.717, 1.165) is 0 Å². The normalized spacial score (nSPS) is 1.00. The molecular formula is HAlCl4OZn. The van der Waals surface area contributed by atoms with Gasteiger partial charge in [0.2, 0.25) is 0 Å². The minimum atomic E-state index is 0. The van der Waals surface area contributed by atoms with Crippen LogP contribution >= 0.6 is 0 Å². The summed E-state index contributed by atoms with van der Waals surface area (Å²) in [6.07, 6.45) is 0. The van der Waals surface area contributed by atoms with Crippen molar-refractivity contribution in [3.63, 3.8) is 0 Å². The van der Waals surface area contributed by atoms with Crippen molar-refractivity contribution in [1.82, 2.24) is 0 Å². The van der Waals surface area contributed by atoms with Crippen LogP contribution in [0.25, 0.3) is 0 Å². The van der Waals surface area contributed by atoms with Gasteiger partial charge in [0.25, 0.3) is 0 Å². The summed E-state index contributed by atoms with van der Waals surface area (Å²) in [6, 6.07) is 0. The van der Waals surface area contributed by atoms with Gasteiger partial charge in [0.1, 0.15) is 0 Å². The van der Waals surface area contributed by atoms with Crippen molar-refractivity contribution < 1.29 is 73.3 Å². The van der Waals surface area contributed by atoms with Gasteiger partial charge in [0.15, 0.2) is 0 Å². The molecule has 0 aromatic carbocycles. The van der Waals surface area contributed by atoms with Gasteiger partial charge in [-0.2, -0.15) is 0 Å². The molecule has 0 saturated carbocycles. The zero-order chi connectivity index (χ0) is 2.00. The average Bonchev–Trinajstić information content (AvgIpc) is 1.00. The maximum Gasteiger partial charge on any atom is 2.00 e. The first kappa shape index (κ1) is 59.2. The number of halogens is 4. The summed E-state index contributed by atoms with van der Waals surface area (Å²) in [5.41, 5.74) is 0. The minimum absolute atomic E-state index is 0. The third kappa shape index (κ3) is 62.9. The largest absolute Gasteiger partial charge is 2.00 e. The Morgan fingerprint density at radius 3 is 0.714 bits per heavy atom. The van der Waals surface area contributed by atoms with Crippen molar-refractivity contribution in [3.05, 3.63) is 0 Å². The molecule has 0 rings (SSSR count). The van der Waals surface area contributed by atoms with Gasteiger partial charge >= 0.3 is 40.3 Å². The molecule has 7 heteroatoms. The molecule has 0 atom stereocenters. The Kier molecular flexibility index (Phi) is 715. The van der Waals surface area contributed by atoms with Gasteiger partial charge in [-0.15, -0.1) is 0 Å². The van der Waals surface area contributed by atoms with E-state index in [2.05, 4.69) is 0 Å². The molecular weight excluding hydrogens is 250 g/mol. The second-order valence-electron chi connectivity index (χ2n) is 0. The van der Waals surface area contributed by atoms with Crippen LogP contribution in [0, 0.1) is 0 Å². The predicted octanol–water partition coefficient (Wildman–Crippen LogP) is -12.9. The average molecular weight is 251 g/mol. The Morgan fingerprint density at radius 1 is 0.714 bits per heavy atom. The third-order valence-corrected chi connectivity index (χ3v) is 0. The van der Waals surface area contributed by atoms with Gasteiger partial charge in [-0.1, -0.05) is 0 Å². The third-order valence-electron chi connectivity index (χ3n) is 0. The van der Waals surface area contributed by atoms with Gasteiger partial charge in [0.05, 0.1) is 0 Å². The van der Waals surface area contributed by atoms with E-state index in [-0.39, 0.29) is 69.1 Å². The summed E-state index contributed by atoms with van der Waals surface area (Å²) < 4.78 is 6.92. The molecule has 0 radical (unpaired) electrons. The molecule has 0 amide bonds. The quantitative estimate of drug-likeness (QED) is 0.424. The minimum Gasteiger partial charge on any atom is 2.00 e. The first-order chi connectivity index (χ1) is 1.00. The van der Waals surface area contributed by atoms with Crippen molar-refractivity contribution in [3.8, 4) is 0 Å². The van der Waals surface area contributed by atoms with E-state index >= 15 is 0 Å². The summed E-state index contributed by atoms with van der Waals surface area (Å²) in [4.78, 5) is 0. The van der Waals surface area contributed by atoms with E-state index in [1.807, 2.05) is 0 Å². The van der Waals surface area contributed by atoms with Crippen molar-refractivity contribution in [1.29, 1.82) is 0 Å². The van der Waals surface area contributed by atoms with E-state index in [1.165, 1.54) is 16.6 Å². The molecule has 0 unspecified atom stereocenters. The zero-order valence-electron chi connectivity index (χ0n) is 3.24. The fraction of sp³-hybridized carbons (Fsp3) is 0. The first-order valence-electron chi connectivity index (χ1n) is 0.258. The molecule has 0 aromatic heterocycles. The summed E-state index contributed by atoms with van der Waals surface area (Å²) in [5.74, 6) is 0. The Hall–Kier alpha value is 2.28. The van der Waals surface area contributed by atoms with Crippen LogP contribution in [0.15, 0.2) is 0 Å². The Morgan fingerprint density at radius 2 is 0.714 bits per heavy atom. The standard InChI is InChI=1S/Al.4ClH.H2O.Zn/h;4*1H;1H2;/q+3;;;;;;+2/p-5. The second kappa shape index (κ2) is 84.6. The Bertz CT molecular complexity index is 11.7. The van der Waals surface area contributed by atoms with Crippen molar-refractivity contribution >= 4 is 16.6 Å². The van der Waals surface area contributed by atoms with E-state index in [4.69, 9.17) is 4.16 Å². The molecule has 1 nitrogen and oxygen atoms in total. The molecule has 0 bridgehead atoms. The van der Waals surface area contributed by atoms with Crippen LogP contribution in [0.5, 0.6) is 0 Å². The van der Waals surface area contributed by atoms with Crippen LogP contribution in [0.2, 0.25) is 0 Å². The van der Waals surface area contributed by atoms with Gasteiger partial charge in [0, 0.05) is 0 Å². The zero-order valence-corrected chi connectivity index (χ0v) is 10.4. The number of hydrogen-bond donors (Lipinski definition) is 1. The molecule has 0 aliphatic rings. The van der Waals surface area contributed by atoms with Crippen LogP contribution in [0.1, 0.15) is 0 Å². The smallest absolute Gasteiger partial charge is 2.00 e. The molecule has 0 aliphatic carbocycles. The molecule has 40 valence electrons. The fourth-order valence-corrected chi connectivity index (χ4v) is 0. The molecule has 0 aliphatic heterocycles. The van der Waals surface area contributed by atoms with Gasteiger partial charge < -0.3 is 49.6 Å². The van der Waals surface area contributed by atoms with Gasteiger partial charge in [-0.05, 0) is 0 Å². The van der Waals surface area contributed by atoms with Gasteiger partial charge in [-0.25, -0.2) is 0 Å². The van der Waals surface area contributed by atoms with Crippen LogP contribution in [0.3, 0.4) is 0 Å². The Labute approximate surface area is 89.2 Å². The molecule has 0 saturated heterocycles. The van der Waals surface area contributed by atoms with Crippen molar-refractivity contribution in [2.45, 2.75) is 0 Å². The number of hydrogen-bond acceptors (Lipinski definition) is 1. The first-order valence-corrected chi connectivity index (χ1v) is 0.775. The van der Waals surface area contributed by atoms with Crippen molar-refractivity contribution in [2.24, 2.45) is 0 Å². The monoisotopic (exact) mass is 248 g/mol. The molecule has 0 fully saturated rings. The maximum absolute atomic E-state index is 6.92. The molecule has 1 N–H and O–H groups in total. The molecule has 0 spiro atoms. The van der Waals surface area contributed by atoms with E-state index in [0.29, 0.717) is 0 Å². The summed E-state index contributed by atoms with van der Waals surface area (Å²) in [7, 11) is 0. The SMILES string of the molecule is [Cl-].[Cl-].[Cl-].[Cl-].[OH][Al+2].[Zn+2]. The molecule has 0 heterocycles. The maximum atomic E-state index is 6.92. The van der Waals surface area contributed by atoms with Gasteiger partial charge in [-0.3, -0.25) is 0 Å². The second-order valence-corrected chi connectivity index (χ2v) is 0. The van der Waals surface area contributed by atoms with Crippen molar-refractivity contribution in [2.75, 3.05) is 0 Å². The number of rotatable bonds is 0. The van der Waals surface area contributed by atoms with Crippen LogP contribution < -0.4 is 49.6 Å². The summed E-state index contributed by atoms with van der Waals surface area (Å²) >= 11 is 1.42. The fourth-order valence-electron chi connectivity index (χ4n) is 0. The molecule has 0 aromatic rings.